The fourth-order valence-electron chi connectivity index (χ4n) is 2.02. The first-order valence-corrected chi connectivity index (χ1v) is 7.74. The number of halogens is 1. The third-order valence-electron chi connectivity index (χ3n) is 3.43. The van der Waals surface area contributed by atoms with Crippen LogP contribution in [0.15, 0.2) is 23.4 Å². The van der Waals surface area contributed by atoms with Crippen LogP contribution in [0.2, 0.25) is 5.02 Å². The molecule has 100 valence electrons. The van der Waals surface area contributed by atoms with Gasteiger partial charge in [0.05, 0.1) is 5.02 Å². The summed E-state index contributed by atoms with van der Waals surface area (Å²) in [6.45, 7) is 5.41. The highest BCUT2D eigenvalue weighted by Crippen LogP contribution is 2.33. The number of aromatic nitrogens is 1. The largest absolute Gasteiger partial charge is 0.263 e. The summed E-state index contributed by atoms with van der Waals surface area (Å²) in [5.41, 5.74) is 0.213. The number of nitrogens with zero attached hydrogens (tertiary/aromatic N) is 2. The van der Waals surface area contributed by atoms with Crippen molar-refractivity contribution in [3.63, 3.8) is 0 Å². The second kappa shape index (κ2) is 4.79. The quantitative estimate of drug-likeness (QED) is 0.840. The van der Waals surface area contributed by atoms with Gasteiger partial charge in [0, 0.05) is 25.5 Å². The van der Waals surface area contributed by atoms with Crippen molar-refractivity contribution in [1.82, 2.24) is 9.29 Å². The molecule has 6 heteroatoms. The van der Waals surface area contributed by atoms with Crippen LogP contribution in [0.1, 0.15) is 26.7 Å². The molecule has 0 unspecified atom stereocenters. The van der Waals surface area contributed by atoms with Crippen LogP contribution in [-0.2, 0) is 10.0 Å². The van der Waals surface area contributed by atoms with Gasteiger partial charge in [-0.3, -0.25) is 4.98 Å². The monoisotopic (exact) mass is 288 g/mol. The SMILES string of the molecule is CC1(C)CCN(S(=O)(=O)c2cnccc2Cl)CC1. The molecule has 1 aliphatic rings. The van der Waals surface area contributed by atoms with Gasteiger partial charge in [0.25, 0.3) is 0 Å². The van der Waals surface area contributed by atoms with E-state index in [1.807, 2.05) is 0 Å². The maximum absolute atomic E-state index is 12.4. The van der Waals surface area contributed by atoms with E-state index in [1.54, 1.807) is 0 Å². The van der Waals surface area contributed by atoms with Gasteiger partial charge in [0.15, 0.2) is 0 Å². The minimum atomic E-state index is -3.50. The van der Waals surface area contributed by atoms with E-state index in [-0.39, 0.29) is 15.3 Å². The predicted molar refractivity (Wildman–Crippen MR) is 71.0 cm³/mol. The van der Waals surface area contributed by atoms with Crippen molar-refractivity contribution in [2.45, 2.75) is 31.6 Å². The zero-order valence-electron chi connectivity index (χ0n) is 10.6. The fourth-order valence-corrected chi connectivity index (χ4v) is 3.87. The van der Waals surface area contributed by atoms with Gasteiger partial charge in [-0.1, -0.05) is 25.4 Å². The Hall–Kier alpha value is -0.650. The summed E-state index contributed by atoms with van der Waals surface area (Å²) in [5, 5.41) is 0.231. The molecule has 0 saturated carbocycles. The molecule has 1 saturated heterocycles. The molecule has 0 N–H and O–H groups in total. The molecule has 18 heavy (non-hydrogen) atoms. The summed E-state index contributed by atoms with van der Waals surface area (Å²) in [6.07, 6.45) is 4.53. The molecule has 0 aromatic carbocycles. The van der Waals surface area contributed by atoms with Gasteiger partial charge >= 0.3 is 0 Å². The molecule has 4 nitrogen and oxygen atoms in total. The van der Waals surface area contributed by atoms with E-state index in [0.717, 1.165) is 12.8 Å². The molecule has 0 amide bonds. The van der Waals surface area contributed by atoms with Gasteiger partial charge in [-0.2, -0.15) is 4.31 Å². The number of sulfonamides is 1. The second-order valence-electron chi connectivity index (χ2n) is 5.37. The molecule has 1 fully saturated rings. The standard InChI is InChI=1S/C12H17ClN2O2S/c1-12(2)4-7-15(8-5-12)18(16,17)11-9-14-6-3-10(11)13/h3,6,9H,4-5,7-8H2,1-2H3. The molecule has 0 aliphatic carbocycles. The van der Waals surface area contributed by atoms with Crippen LogP contribution < -0.4 is 0 Å². The maximum atomic E-state index is 12.4. The highest BCUT2D eigenvalue weighted by atomic mass is 35.5. The van der Waals surface area contributed by atoms with Crippen LogP contribution in [0, 0.1) is 5.41 Å². The summed E-state index contributed by atoms with van der Waals surface area (Å²) in [4.78, 5) is 3.95. The third-order valence-corrected chi connectivity index (χ3v) is 5.80. The predicted octanol–water partition coefficient (Wildman–Crippen LogP) is 2.55. The Kier molecular flexibility index (Phi) is 3.67. The molecule has 1 aliphatic heterocycles. The van der Waals surface area contributed by atoms with Gasteiger partial charge in [-0.25, -0.2) is 8.42 Å². The lowest BCUT2D eigenvalue weighted by molar-refractivity contribution is 0.196. The molecule has 0 radical (unpaired) electrons. The van der Waals surface area contributed by atoms with Gasteiger partial charge in [-0.05, 0) is 24.3 Å². The van der Waals surface area contributed by atoms with Crippen molar-refractivity contribution < 1.29 is 8.42 Å². The summed E-state index contributed by atoms with van der Waals surface area (Å²) in [6, 6.07) is 1.50. The number of hydrogen-bond acceptors (Lipinski definition) is 3. The van der Waals surface area contributed by atoms with Gasteiger partial charge in [0.1, 0.15) is 4.90 Å². The first-order chi connectivity index (χ1) is 8.33. The number of rotatable bonds is 2. The topological polar surface area (TPSA) is 50.3 Å². The average molecular weight is 289 g/mol. The third kappa shape index (κ3) is 2.68. The Labute approximate surface area is 113 Å². The molecule has 1 aromatic rings. The number of hydrogen-bond donors (Lipinski definition) is 0. The molecule has 2 heterocycles. The van der Waals surface area contributed by atoms with E-state index in [9.17, 15) is 8.42 Å². The fraction of sp³-hybridized carbons (Fsp3) is 0.583. The summed E-state index contributed by atoms with van der Waals surface area (Å²) >= 11 is 5.94. The minimum Gasteiger partial charge on any atom is -0.263 e. The molecule has 0 bridgehead atoms. The Morgan fingerprint density at radius 2 is 1.94 bits per heavy atom. The van der Waals surface area contributed by atoms with E-state index >= 15 is 0 Å². The lowest BCUT2D eigenvalue weighted by Crippen LogP contribution is -2.41. The van der Waals surface area contributed by atoms with Crippen LogP contribution in [-0.4, -0.2) is 30.8 Å². The molecule has 0 spiro atoms. The van der Waals surface area contributed by atoms with E-state index in [1.165, 1.54) is 22.8 Å². The van der Waals surface area contributed by atoms with Gasteiger partial charge in [0.2, 0.25) is 10.0 Å². The minimum absolute atomic E-state index is 0.103. The molecule has 2 rings (SSSR count). The summed E-state index contributed by atoms with van der Waals surface area (Å²) < 4.78 is 26.3. The van der Waals surface area contributed by atoms with Crippen molar-refractivity contribution in [3.8, 4) is 0 Å². The number of pyridine rings is 1. The van der Waals surface area contributed by atoms with Crippen molar-refractivity contribution in [1.29, 1.82) is 0 Å². The van der Waals surface area contributed by atoms with Crippen LogP contribution in [0.5, 0.6) is 0 Å². The van der Waals surface area contributed by atoms with Crippen molar-refractivity contribution in [2.75, 3.05) is 13.1 Å². The molecular formula is C12H17ClN2O2S. The molecular weight excluding hydrogens is 272 g/mol. The molecule has 0 atom stereocenters. The average Bonchev–Trinajstić information content (AvgIpc) is 2.28. The second-order valence-corrected chi connectivity index (χ2v) is 7.69. The lowest BCUT2D eigenvalue weighted by Gasteiger charge is -2.36. The van der Waals surface area contributed by atoms with E-state index in [4.69, 9.17) is 11.6 Å². The Balaban J connectivity index is 2.26. The van der Waals surface area contributed by atoms with Crippen molar-refractivity contribution >= 4 is 21.6 Å². The summed E-state index contributed by atoms with van der Waals surface area (Å²) in [7, 11) is -3.50. The number of piperidine rings is 1. The lowest BCUT2D eigenvalue weighted by atomic mass is 9.83. The highest BCUT2D eigenvalue weighted by Gasteiger charge is 2.33. The zero-order chi connectivity index (χ0) is 13.4. The van der Waals surface area contributed by atoms with Crippen LogP contribution in [0.25, 0.3) is 0 Å². The summed E-state index contributed by atoms with van der Waals surface area (Å²) in [5.74, 6) is 0. The van der Waals surface area contributed by atoms with E-state index in [2.05, 4.69) is 18.8 Å². The first-order valence-electron chi connectivity index (χ1n) is 5.93. The maximum Gasteiger partial charge on any atom is 0.246 e. The van der Waals surface area contributed by atoms with Crippen molar-refractivity contribution in [3.05, 3.63) is 23.5 Å². The van der Waals surface area contributed by atoms with Gasteiger partial charge < -0.3 is 0 Å². The Bertz CT molecular complexity index is 533. The smallest absolute Gasteiger partial charge is 0.246 e. The normalized spacial score (nSPS) is 20.8. The zero-order valence-corrected chi connectivity index (χ0v) is 12.1. The van der Waals surface area contributed by atoms with Crippen molar-refractivity contribution in [2.24, 2.45) is 5.41 Å². The van der Waals surface area contributed by atoms with Crippen LogP contribution >= 0.6 is 11.6 Å². The Morgan fingerprint density at radius 3 is 2.50 bits per heavy atom. The van der Waals surface area contributed by atoms with Crippen LogP contribution in [0.4, 0.5) is 0 Å². The highest BCUT2D eigenvalue weighted by molar-refractivity contribution is 7.89. The molecule has 1 aromatic heterocycles. The van der Waals surface area contributed by atoms with E-state index in [0.29, 0.717) is 13.1 Å². The first kappa shape index (κ1) is 13.8. The van der Waals surface area contributed by atoms with E-state index < -0.39 is 10.0 Å². The van der Waals surface area contributed by atoms with Crippen LogP contribution in [0.3, 0.4) is 0 Å². The van der Waals surface area contributed by atoms with Gasteiger partial charge in [-0.15, -0.1) is 0 Å². The Morgan fingerprint density at radius 1 is 1.33 bits per heavy atom.